The highest BCUT2D eigenvalue weighted by Crippen LogP contribution is 2.27. The molecule has 0 heterocycles. The van der Waals surface area contributed by atoms with E-state index in [-0.39, 0.29) is 5.25 Å². The monoisotopic (exact) mass is 332 g/mol. The van der Waals surface area contributed by atoms with Gasteiger partial charge in [0.2, 0.25) is 10.0 Å². The van der Waals surface area contributed by atoms with Crippen LogP contribution in [0.15, 0.2) is 22.7 Å². The molecule has 0 saturated heterocycles. The molecule has 1 aliphatic carbocycles. The van der Waals surface area contributed by atoms with Crippen molar-refractivity contribution in [3.05, 3.63) is 22.7 Å². The Balaban J connectivity index is 2.13. The lowest BCUT2D eigenvalue weighted by Crippen LogP contribution is -2.29. The van der Waals surface area contributed by atoms with Crippen LogP contribution < -0.4 is 10.5 Å². The number of nitrogens with two attached hydrogens (primary N) is 1. The molecular weight excluding hydrogens is 316 g/mol. The Labute approximate surface area is 116 Å². The molecule has 3 N–H and O–H groups in total. The zero-order chi connectivity index (χ0) is 13.2. The molecule has 0 amide bonds. The van der Waals surface area contributed by atoms with E-state index in [1.165, 1.54) is 0 Å². The average Bonchev–Trinajstić information content (AvgIpc) is 2.35. The van der Waals surface area contributed by atoms with Gasteiger partial charge in [0.1, 0.15) is 0 Å². The Kier molecular flexibility index (Phi) is 4.17. The molecule has 0 bridgehead atoms. The van der Waals surface area contributed by atoms with E-state index in [9.17, 15) is 8.42 Å². The largest absolute Gasteiger partial charge is 0.398 e. The van der Waals surface area contributed by atoms with Gasteiger partial charge in [-0.15, -0.1) is 0 Å². The zero-order valence-corrected chi connectivity index (χ0v) is 12.4. The minimum Gasteiger partial charge on any atom is -0.398 e. The number of sulfonamides is 1. The Hall–Kier alpha value is -0.750. The summed E-state index contributed by atoms with van der Waals surface area (Å²) in [6, 6.07) is 5.08. The predicted octanol–water partition coefficient (Wildman–Crippen LogP) is 3.11. The van der Waals surface area contributed by atoms with Crippen LogP contribution in [0.25, 0.3) is 0 Å². The van der Waals surface area contributed by atoms with Crippen molar-refractivity contribution >= 4 is 37.3 Å². The van der Waals surface area contributed by atoms with Crippen molar-refractivity contribution in [2.75, 3.05) is 10.5 Å². The third kappa shape index (κ3) is 3.17. The third-order valence-electron chi connectivity index (χ3n) is 3.25. The molecule has 0 spiro atoms. The fourth-order valence-corrected chi connectivity index (χ4v) is 4.05. The predicted molar refractivity (Wildman–Crippen MR) is 78.0 cm³/mol. The van der Waals surface area contributed by atoms with Gasteiger partial charge in [-0.25, -0.2) is 8.42 Å². The van der Waals surface area contributed by atoms with E-state index in [0.29, 0.717) is 11.4 Å². The van der Waals surface area contributed by atoms with Crippen LogP contribution in [-0.4, -0.2) is 13.7 Å². The zero-order valence-electron chi connectivity index (χ0n) is 10.0. The summed E-state index contributed by atoms with van der Waals surface area (Å²) in [5.41, 5.74) is 6.79. The second-order valence-corrected chi connectivity index (χ2v) is 7.46. The number of hydrogen-bond donors (Lipinski definition) is 2. The van der Waals surface area contributed by atoms with Crippen molar-refractivity contribution in [3.8, 4) is 0 Å². The van der Waals surface area contributed by atoms with Gasteiger partial charge < -0.3 is 5.73 Å². The number of rotatable bonds is 3. The highest BCUT2D eigenvalue weighted by atomic mass is 79.9. The van der Waals surface area contributed by atoms with Crippen LogP contribution in [0.4, 0.5) is 11.4 Å². The Morgan fingerprint density at radius 3 is 2.50 bits per heavy atom. The van der Waals surface area contributed by atoms with E-state index < -0.39 is 10.0 Å². The summed E-state index contributed by atoms with van der Waals surface area (Å²) in [4.78, 5) is 0. The second-order valence-electron chi connectivity index (χ2n) is 4.64. The molecule has 4 nitrogen and oxygen atoms in total. The molecule has 1 aliphatic rings. The SMILES string of the molecule is Nc1cc(NS(=O)(=O)C2CCCCC2)ccc1Br. The summed E-state index contributed by atoms with van der Waals surface area (Å²) in [7, 11) is -3.29. The van der Waals surface area contributed by atoms with Gasteiger partial charge in [0.15, 0.2) is 0 Å². The van der Waals surface area contributed by atoms with Crippen LogP contribution >= 0.6 is 15.9 Å². The first-order chi connectivity index (χ1) is 8.49. The maximum absolute atomic E-state index is 12.2. The number of benzene rings is 1. The lowest BCUT2D eigenvalue weighted by atomic mass is 10.0. The smallest absolute Gasteiger partial charge is 0.235 e. The molecule has 0 aromatic heterocycles. The van der Waals surface area contributed by atoms with E-state index in [0.717, 1.165) is 36.6 Å². The second kappa shape index (κ2) is 5.48. The molecule has 100 valence electrons. The summed E-state index contributed by atoms with van der Waals surface area (Å²) in [6.45, 7) is 0. The van der Waals surface area contributed by atoms with Crippen molar-refractivity contribution in [2.45, 2.75) is 37.4 Å². The van der Waals surface area contributed by atoms with Crippen LogP contribution in [0.5, 0.6) is 0 Å². The molecule has 0 radical (unpaired) electrons. The average molecular weight is 333 g/mol. The van der Waals surface area contributed by atoms with Crippen molar-refractivity contribution in [3.63, 3.8) is 0 Å². The lowest BCUT2D eigenvalue weighted by molar-refractivity contribution is 0.486. The highest BCUT2D eigenvalue weighted by Gasteiger charge is 2.27. The van der Waals surface area contributed by atoms with Gasteiger partial charge in [-0.2, -0.15) is 0 Å². The van der Waals surface area contributed by atoms with Crippen molar-refractivity contribution in [1.29, 1.82) is 0 Å². The fourth-order valence-electron chi connectivity index (χ4n) is 2.23. The van der Waals surface area contributed by atoms with Crippen molar-refractivity contribution in [2.24, 2.45) is 0 Å². The minimum absolute atomic E-state index is 0.267. The van der Waals surface area contributed by atoms with Crippen LogP contribution in [0, 0.1) is 0 Å². The number of hydrogen-bond acceptors (Lipinski definition) is 3. The summed E-state index contributed by atoms with van der Waals surface area (Å²) in [5, 5.41) is -0.267. The van der Waals surface area contributed by atoms with E-state index >= 15 is 0 Å². The van der Waals surface area contributed by atoms with E-state index in [4.69, 9.17) is 5.73 Å². The quantitative estimate of drug-likeness (QED) is 0.835. The van der Waals surface area contributed by atoms with Gasteiger partial charge in [0.25, 0.3) is 0 Å². The number of anilines is 2. The Bertz CT molecular complexity index is 525. The molecule has 6 heteroatoms. The number of halogens is 1. The lowest BCUT2D eigenvalue weighted by Gasteiger charge is -2.22. The van der Waals surface area contributed by atoms with Gasteiger partial charge in [-0.1, -0.05) is 19.3 Å². The Morgan fingerprint density at radius 2 is 1.89 bits per heavy atom. The molecule has 0 aliphatic heterocycles. The standard InChI is InChI=1S/C12H17BrN2O2S/c13-11-7-6-9(8-12(11)14)15-18(16,17)10-4-2-1-3-5-10/h6-8,10,15H,1-5,14H2. The molecule has 1 fully saturated rings. The van der Waals surface area contributed by atoms with Gasteiger partial charge in [0.05, 0.1) is 10.9 Å². The molecular formula is C12H17BrN2O2S. The third-order valence-corrected chi connectivity index (χ3v) is 5.84. The fraction of sp³-hybridized carbons (Fsp3) is 0.500. The van der Waals surface area contributed by atoms with E-state index in [2.05, 4.69) is 20.7 Å². The molecule has 0 unspecified atom stereocenters. The summed E-state index contributed by atoms with van der Waals surface area (Å²) < 4.78 is 27.8. The first-order valence-corrected chi connectivity index (χ1v) is 8.39. The van der Waals surface area contributed by atoms with Gasteiger partial charge >= 0.3 is 0 Å². The van der Waals surface area contributed by atoms with Crippen molar-refractivity contribution in [1.82, 2.24) is 0 Å². The van der Waals surface area contributed by atoms with E-state index in [1.807, 2.05) is 0 Å². The van der Waals surface area contributed by atoms with Crippen LogP contribution in [-0.2, 0) is 10.0 Å². The van der Waals surface area contributed by atoms with Crippen LogP contribution in [0.3, 0.4) is 0 Å². The Morgan fingerprint density at radius 1 is 1.22 bits per heavy atom. The van der Waals surface area contributed by atoms with Crippen LogP contribution in [0.1, 0.15) is 32.1 Å². The maximum atomic E-state index is 12.2. The van der Waals surface area contributed by atoms with E-state index in [1.54, 1.807) is 18.2 Å². The summed E-state index contributed by atoms with van der Waals surface area (Å²) in [5.74, 6) is 0. The normalized spacial score (nSPS) is 17.6. The molecule has 2 rings (SSSR count). The molecule has 1 saturated carbocycles. The molecule has 18 heavy (non-hydrogen) atoms. The topological polar surface area (TPSA) is 72.2 Å². The number of nitrogen functional groups attached to an aromatic ring is 1. The first-order valence-electron chi connectivity index (χ1n) is 6.06. The summed E-state index contributed by atoms with van der Waals surface area (Å²) >= 11 is 3.28. The van der Waals surface area contributed by atoms with Crippen molar-refractivity contribution < 1.29 is 8.42 Å². The molecule has 0 atom stereocenters. The van der Waals surface area contributed by atoms with Crippen LogP contribution in [0.2, 0.25) is 0 Å². The van der Waals surface area contributed by atoms with Gasteiger partial charge in [0, 0.05) is 10.2 Å². The summed E-state index contributed by atoms with van der Waals surface area (Å²) in [6.07, 6.45) is 4.63. The molecule has 1 aromatic rings. The minimum atomic E-state index is -3.29. The molecule has 1 aromatic carbocycles. The highest BCUT2D eigenvalue weighted by molar-refractivity contribution is 9.10. The van der Waals surface area contributed by atoms with Gasteiger partial charge in [-0.05, 0) is 47.0 Å². The first kappa shape index (κ1) is 13.7. The maximum Gasteiger partial charge on any atom is 0.235 e. The number of nitrogens with one attached hydrogen (secondary N) is 1. The van der Waals surface area contributed by atoms with Gasteiger partial charge in [-0.3, -0.25) is 4.72 Å².